The summed E-state index contributed by atoms with van der Waals surface area (Å²) in [5.41, 5.74) is 1.44. The van der Waals surface area contributed by atoms with Crippen molar-refractivity contribution in [1.29, 1.82) is 0 Å². The van der Waals surface area contributed by atoms with Crippen LogP contribution in [0.25, 0.3) is 16.3 Å². The summed E-state index contributed by atoms with van der Waals surface area (Å²) in [4.78, 5) is 24.5. The quantitative estimate of drug-likeness (QED) is 0.740. The number of pyridine rings is 1. The minimum Gasteiger partial charge on any atom is -0.390 e. The first-order valence-corrected chi connectivity index (χ1v) is 6.70. The zero-order chi connectivity index (χ0) is 14.3. The first-order chi connectivity index (χ1) is 9.67. The summed E-state index contributed by atoms with van der Waals surface area (Å²) in [5.74, 6) is -0.141. The van der Waals surface area contributed by atoms with Gasteiger partial charge in [0.05, 0.1) is 17.7 Å². The molecule has 0 aliphatic carbocycles. The third-order valence-corrected chi connectivity index (χ3v) is 3.63. The first-order valence-electron chi connectivity index (χ1n) is 6.70. The lowest BCUT2D eigenvalue weighted by Crippen LogP contribution is -2.17. The molecule has 2 heterocycles. The smallest absolute Gasteiger partial charge is 0.200 e. The predicted molar refractivity (Wildman–Crippen MR) is 77.5 cm³/mol. The standard InChI is InChI=1S/C16H15NO3/c1-2-4-14(19)13-8-17-11(9-18)7-10-5-3-6-12(15(10)17)16(13)20/h3,5-8,18H,2,4,9H2,1H3. The van der Waals surface area contributed by atoms with E-state index in [2.05, 4.69) is 0 Å². The molecule has 0 aliphatic heterocycles. The van der Waals surface area contributed by atoms with Crippen molar-refractivity contribution in [3.05, 3.63) is 51.9 Å². The number of carbonyl (C=O) groups excluding carboxylic acids is 1. The third kappa shape index (κ3) is 1.72. The highest BCUT2D eigenvalue weighted by molar-refractivity contribution is 6.03. The zero-order valence-corrected chi connectivity index (χ0v) is 11.2. The van der Waals surface area contributed by atoms with Crippen LogP contribution in [0.15, 0.2) is 35.3 Å². The zero-order valence-electron chi connectivity index (χ0n) is 11.2. The van der Waals surface area contributed by atoms with Gasteiger partial charge in [-0.2, -0.15) is 0 Å². The SMILES string of the molecule is CCCC(=O)c1cn2c(CO)cc3cccc(c1=O)c32. The number of benzene rings is 1. The Kier molecular flexibility index (Phi) is 3.03. The fourth-order valence-electron chi connectivity index (χ4n) is 2.69. The molecule has 102 valence electrons. The number of rotatable bonds is 4. The van der Waals surface area contributed by atoms with E-state index < -0.39 is 0 Å². The minimum atomic E-state index is -0.218. The van der Waals surface area contributed by atoms with Crippen LogP contribution in [0.3, 0.4) is 0 Å². The molecule has 0 radical (unpaired) electrons. The topological polar surface area (TPSA) is 58.8 Å². The van der Waals surface area contributed by atoms with E-state index in [0.717, 1.165) is 10.9 Å². The second kappa shape index (κ2) is 4.72. The number of hydrogen-bond acceptors (Lipinski definition) is 3. The maximum atomic E-state index is 12.5. The van der Waals surface area contributed by atoms with Gasteiger partial charge in [0.2, 0.25) is 0 Å². The average molecular weight is 269 g/mol. The highest BCUT2D eigenvalue weighted by Gasteiger charge is 2.17. The number of ketones is 1. The molecule has 0 amide bonds. The van der Waals surface area contributed by atoms with Crippen LogP contribution >= 0.6 is 0 Å². The van der Waals surface area contributed by atoms with Crippen molar-refractivity contribution in [2.24, 2.45) is 0 Å². The van der Waals surface area contributed by atoms with Gasteiger partial charge in [-0.25, -0.2) is 0 Å². The van der Waals surface area contributed by atoms with Gasteiger partial charge in [-0.05, 0) is 18.6 Å². The van der Waals surface area contributed by atoms with Gasteiger partial charge in [-0.3, -0.25) is 9.59 Å². The molecule has 0 bridgehead atoms. The molecule has 0 atom stereocenters. The van der Waals surface area contributed by atoms with Crippen LogP contribution in [-0.2, 0) is 6.61 Å². The van der Waals surface area contributed by atoms with Gasteiger partial charge in [0.25, 0.3) is 0 Å². The van der Waals surface area contributed by atoms with E-state index in [1.807, 2.05) is 19.1 Å². The molecular weight excluding hydrogens is 254 g/mol. The number of hydrogen-bond donors (Lipinski definition) is 1. The Morgan fingerprint density at radius 2 is 2.15 bits per heavy atom. The van der Waals surface area contributed by atoms with Crippen molar-refractivity contribution in [1.82, 2.24) is 4.40 Å². The molecule has 0 aliphatic rings. The van der Waals surface area contributed by atoms with E-state index in [-0.39, 0.29) is 23.4 Å². The lowest BCUT2D eigenvalue weighted by molar-refractivity contribution is 0.0980. The maximum absolute atomic E-state index is 12.5. The Morgan fingerprint density at radius 1 is 1.35 bits per heavy atom. The lowest BCUT2D eigenvalue weighted by atomic mass is 10.1. The van der Waals surface area contributed by atoms with Crippen molar-refractivity contribution in [2.45, 2.75) is 26.4 Å². The molecule has 0 unspecified atom stereocenters. The summed E-state index contributed by atoms with van der Waals surface area (Å²) in [6.07, 6.45) is 2.64. The minimum absolute atomic E-state index is 0.131. The number of aliphatic hydroxyl groups is 1. The Morgan fingerprint density at radius 3 is 2.85 bits per heavy atom. The fourth-order valence-corrected chi connectivity index (χ4v) is 2.69. The Hall–Kier alpha value is -2.20. The molecule has 2 aromatic heterocycles. The van der Waals surface area contributed by atoms with E-state index in [0.29, 0.717) is 23.9 Å². The predicted octanol–water partition coefficient (Wildman–Crippen LogP) is 2.37. The second-order valence-electron chi connectivity index (χ2n) is 4.95. The Labute approximate surface area is 115 Å². The molecule has 3 aromatic rings. The number of aromatic nitrogens is 1. The summed E-state index contributed by atoms with van der Waals surface area (Å²) >= 11 is 0. The van der Waals surface area contributed by atoms with Crippen LogP contribution < -0.4 is 5.43 Å². The van der Waals surface area contributed by atoms with Crippen molar-refractivity contribution < 1.29 is 9.90 Å². The number of para-hydroxylation sites is 1. The average Bonchev–Trinajstić information content (AvgIpc) is 2.81. The van der Waals surface area contributed by atoms with Gasteiger partial charge in [0, 0.05) is 29.1 Å². The van der Waals surface area contributed by atoms with Gasteiger partial charge in [0.1, 0.15) is 0 Å². The molecule has 0 saturated heterocycles. The highest BCUT2D eigenvalue weighted by atomic mass is 16.3. The van der Waals surface area contributed by atoms with E-state index >= 15 is 0 Å². The summed E-state index contributed by atoms with van der Waals surface area (Å²) in [6.45, 7) is 1.78. The molecule has 0 spiro atoms. The normalized spacial score (nSPS) is 11.5. The first kappa shape index (κ1) is 12.8. The van der Waals surface area contributed by atoms with Crippen molar-refractivity contribution in [3.63, 3.8) is 0 Å². The van der Waals surface area contributed by atoms with Crippen LogP contribution in [0, 0.1) is 0 Å². The van der Waals surface area contributed by atoms with Crippen molar-refractivity contribution in [3.8, 4) is 0 Å². The fraction of sp³-hybridized carbons (Fsp3) is 0.250. The van der Waals surface area contributed by atoms with Crippen LogP contribution in [0.1, 0.15) is 35.8 Å². The van der Waals surface area contributed by atoms with Crippen molar-refractivity contribution in [2.75, 3.05) is 0 Å². The molecule has 1 N–H and O–H groups in total. The molecule has 4 nitrogen and oxygen atoms in total. The summed E-state index contributed by atoms with van der Waals surface area (Å²) in [5, 5.41) is 10.9. The van der Waals surface area contributed by atoms with Crippen LogP contribution in [0.2, 0.25) is 0 Å². The highest BCUT2D eigenvalue weighted by Crippen LogP contribution is 2.23. The van der Waals surface area contributed by atoms with Crippen molar-refractivity contribution >= 4 is 22.1 Å². The third-order valence-electron chi connectivity index (χ3n) is 3.63. The molecule has 3 rings (SSSR count). The summed E-state index contributed by atoms with van der Waals surface area (Å²) in [6, 6.07) is 7.27. The van der Waals surface area contributed by atoms with E-state index in [4.69, 9.17) is 0 Å². The lowest BCUT2D eigenvalue weighted by Gasteiger charge is -2.06. The summed E-state index contributed by atoms with van der Waals surface area (Å²) < 4.78 is 1.76. The molecular formula is C16H15NO3. The molecule has 1 aromatic carbocycles. The van der Waals surface area contributed by atoms with E-state index in [1.54, 1.807) is 22.7 Å². The maximum Gasteiger partial charge on any atom is 0.200 e. The monoisotopic (exact) mass is 269 g/mol. The molecule has 4 heteroatoms. The second-order valence-corrected chi connectivity index (χ2v) is 4.95. The van der Waals surface area contributed by atoms with Gasteiger partial charge < -0.3 is 9.51 Å². The number of nitrogens with zero attached hydrogens (tertiary/aromatic N) is 1. The molecule has 20 heavy (non-hydrogen) atoms. The van der Waals surface area contributed by atoms with Gasteiger partial charge in [-0.15, -0.1) is 0 Å². The van der Waals surface area contributed by atoms with Crippen LogP contribution in [0.4, 0.5) is 0 Å². The van der Waals surface area contributed by atoms with E-state index in [1.165, 1.54) is 0 Å². The number of aliphatic hydroxyl groups excluding tert-OH is 1. The molecule has 0 fully saturated rings. The van der Waals surface area contributed by atoms with Gasteiger partial charge >= 0.3 is 0 Å². The van der Waals surface area contributed by atoms with E-state index in [9.17, 15) is 14.7 Å². The number of carbonyl (C=O) groups is 1. The Balaban J connectivity index is 2.42. The van der Waals surface area contributed by atoms with Crippen LogP contribution in [-0.4, -0.2) is 15.3 Å². The largest absolute Gasteiger partial charge is 0.390 e. The molecule has 0 saturated carbocycles. The van der Waals surface area contributed by atoms with Gasteiger partial charge in [0.15, 0.2) is 11.2 Å². The van der Waals surface area contributed by atoms with Gasteiger partial charge in [-0.1, -0.05) is 19.1 Å². The summed E-state index contributed by atoms with van der Waals surface area (Å²) in [7, 11) is 0. The number of Topliss-reactive ketones (excluding diaryl/α,β-unsaturated/α-hetero) is 1. The van der Waals surface area contributed by atoms with Crippen LogP contribution in [0.5, 0.6) is 0 Å². The Bertz CT molecular complexity index is 848.